The summed E-state index contributed by atoms with van der Waals surface area (Å²) in [6.07, 6.45) is 1.84. The first-order chi connectivity index (χ1) is 10.4. The van der Waals surface area contributed by atoms with Crippen molar-refractivity contribution in [1.29, 1.82) is 0 Å². The van der Waals surface area contributed by atoms with Crippen molar-refractivity contribution < 1.29 is 18.3 Å². The van der Waals surface area contributed by atoms with Crippen LogP contribution >= 0.6 is 0 Å². The lowest BCUT2D eigenvalue weighted by molar-refractivity contribution is -0.138. The van der Waals surface area contributed by atoms with Crippen LogP contribution in [0.3, 0.4) is 0 Å². The van der Waals surface area contributed by atoms with Crippen molar-refractivity contribution in [2.24, 2.45) is 5.92 Å². The van der Waals surface area contributed by atoms with E-state index in [-0.39, 0.29) is 6.42 Å². The van der Waals surface area contributed by atoms with E-state index in [4.69, 9.17) is 0 Å². The van der Waals surface area contributed by atoms with Crippen molar-refractivity contribution in [1.82, 2.24) is 4.31 Å². The normalized spacial score (nSPS) is 23.5. The van der Waals surface area contributed by atoms with E-state index >= 15 is 0 Å². The second kappa shape index (κ2) is 5.55. The van der Waals surface area contributed by atoms with Gasteiger partial charge in [-0.05, 0) is 30.4 Å². The summed E-state index contributed by atoms with van der Waals surface area (Å²) >= 11 is 0. The number of nitrogens with zero attached hydrogens (tertiary/aromatic N) is 2. The highest BCUT2D eigenvalue weighted by Gasteiger charge is 2.44. The first kappa shape index (κ1) is 15.3. The highest BCUT2D eigenvalue weighted by atomic mass is 32.2. The number of carboxylic acids is 1. The molecule has 2 heterocycles. The topological polar surface area (TPSA) is 77.9 Å². The molecule has 1 N–H and O–H groups in total. The smallest absolute Gasteiger partial charge is 0.327 e. The number of para-hydroxylation sites is 1. The maximum Gasteiger partial charge on any atom is 0.327 e. The molecule has 22 heavy (non-hydrogen) atoms. The predicted octanol–water partition coefficient (Wildman–Crippen LogP) is 1.48. The Morgan fingerprint density at radius 2 is 1.86 bits per heavy atom. The molecule has 1 aromatic carbocycles. The first-order valence-corrected chi connectivity index (χ1v) is 8.91. The summed E-state index contributed by atoms with van der Waals surface area (Å²) in [6.45, 7) is 3.01. The van der Waals surface area contributed by atoms with Crippen LogP contribution in [0.1, 0.15) is 25.3 Å². The molecule has 0 aliphatic carbocycles. The van der Waals surface area contributed by atoms with Crippen LogP contribution in [0.2, 0.25) is 0 Å². The molecule has 0 aromatic heterocycles. The zero-order valence-electron chi connectivity index (χ0n) is 12.5. The summed E-state index contributed by atoms with van der Waals surface area (Å²) in [7, 11) is -3.81. The Morgan fingerprint density at radius 1 is 1.23 bits per heavy atom. The molecular weight excluding hydrogens is 304 g/mol. The summed E-state index contributed by atoms with van der Waals surface area (Å²) in [5, 5.41) is 9.43. The molecule has 1 unspecified atom stereocenters. The Balaban J connectivity index is 1.98. The van der Waals surface area contributed by atoms with E-state index in [2.05, 4.69) is 6.92 Å². The second-order valence-corrected chi connectivity index (χ2v) is 7.88. The molecule has 0 amide bonds. The van der Waals surface area contributed by atoms with E-state index in [9.17, 15) is 18.3 Å². The van der Waals surface area contributed by atoms with E-state index in [1.54, 1.807) is 24.3 Å². The highest BCUT2D eigenvalue weighted by Crippen LogP contribution is 2.36. The summed E-state index contributed by atoms with van der Waals surface area (Å²) < 4.78 is 28.4. The molecule has 1 saturated heterocycles. The highest BCUT2D eigenvalue weighted by molar-refractivity contribution is 7.90. The summed E-state index contributed by atoms with van der Waals surface area (Å²) in [5.74, 6) is -0.599. The third-order valence-electron chi connectivity index (χ3n) is 4.53. The number of rotatable bonds is 3. The van der Waals surface area contributed by atoms with Crippen molar-refractivity contribution >= 4 is 21.9 Å². The maximum absolute atomic E-state index is 13.0. The minimum Gasteiger partial charge on any atom is -0.480 e. The molecule has 120 valence electrons. The lowest BCUT2D eigenvalue weighted by Crippen LogP contribution is -2.51. The Kier molecular flexibility index (Phi) is 3.86. The monoisotopic (exact) mass is 324 g/mol. The first-order valence-electron chi connectivity index (χ1n) is 7.51. The molecule has 2 aliphatic rings. The molecule has 0 saturated carbocycles. The summed E-state index contributed by atoms with van der Waals surface area (Å²) in [6, 6.07) is 5.96. The number of fused-ring (bicyclic) bond motifs is 1. The Morgan fingerprint density at radius 3 is 2.50 bits per heavy atom. The third kappa shape index (κ3) is 2.48. The zero-order chi connectivity index (χ0) is 15.9. The van der Waals surface area contributed by atoms with Crippen molar-refractivity contribution in [3.05, 3.63) is 29.8 Å². The average Bonchev–Trinajstić information content (AvgIpc) is 2.88. The largest absolute Gasteiger partial charge is 0.480 e. The van der Waals surface area contributed by atoms with Crippen molar-refractivity contribution in [2.75, 3.05) is 17.4 Å². The minimum absolute atomic E-state index is 0.217. The number of carboxylic acid groups (broad SMARTS) is 1. The second-order valence-electron chi connectivity index (χ2n) is 6.07. The van der Waals surface area contributed by atoms with Crippen LogP contribution < -0.4 is 4.31 Å². The van der Waals surface area contributed by atoms with Gasteiger partial charge >= 0.3 is 16.2 Å². The van der Waals surface area contributed by atoms with Crippen LogP contribution in [-0.2, 0) is 21.4 Å². The van der Waals surface area contributed by atoms with Gasteiger partial charge in [-0.15, -0.1) is 0 Å². The van der Waals surface area contributed by atoms with Gasteiger partial charge in [-0.3, -0.25) is 0 Å². The van der Waals surface area contributed by atoms with E-state index in [1.807, 2.05) is 0 Å². The van der Waals surface area contributed by atoms with E-state index in [0.29, 0.717) is 24.7 Å². The number of benzene rings is 1. The van der Waals surface area contributed by atoms with Crippen molar-refractivity contribution in [3.63, 3.8) is 0 Å². The van der Waals surface area contributed by atoms with Crippen LogP contribution in [0, 0.1) is 5.92 Å². The van der Waals surface area contributed by atoms with Crippen LogP contribution in [0.4, 0.5) is 5.69 Å². The van der Waals surface area contributed by atoms with E-state index in [0.717, 1.165) is 22.7 Å². The number of carbonyl (C=O) groups is 1. The van der Waals surface area contributed by atoms with Gasteiger partial charge in [0, 0.05) is 19.5 Å². The Hall–Kier alpha value is -1.60. The van der Waals surface area contributed by atoms with Crippen molar-refractivity contribution in [3.8, 4) is 0 Å². The minimum atomic E-state index is -3.81. The fourth-order valence-electron chi connectivity index (χ4n) is 3.17. The summed E-state index contributed by atoms with van der Waals surface area (Å²) in [5.41, 5.74) is 1.26. The van der Waals surface area contributed by atoms with E-state index < -0.39 is 22.2 Å². The van der Waals surface area contributed by atoms with Crippen LogP contribution in [0.5, 0.6) is 0 Å². The Labute approximate surface area is 130 Å². The number of hydrogen-bond acceptors (Lipinski definition) is 3. The molecule has 6 nitrogen and oxygen atoms in total. The van der Waals surface area contributed by atoms with Gasteiger partial charge in [0.2, 0.25) is 0 Å². The van der Waals surface area contributed by atoms with Crippen LogP contribution in [0.15, 0.2) is 24.3 Å². The molecule has 1 atom stereocenters. The molecule has 0 radical (unpaired) electrons. The van der Waals surface area contributed by atoms with Crippen LogP contribution in [-0.4, -0.2) is 42.9 Å². The van der Waals surface area contributed by atoms with Crippen molar-refractivity contribution in [2.45, 2.75) is 32.2 Å². The van der Waals surface area contributed by atoms with Gasteiger partial charge in [-0.25, -0.2) is 9.10 Å². The molecule has 0 spiro atoms. The average molecular weight is 324 g/mol. The molecular formula is C15H20N2O4S. The van der Waals surface area contributed by atoms with Gasteiger partial charge in [0.25, 0.3) is 0 Å². The maximum atomic E-state index is 13.0. The molecule has 1 aromatic rings. The lowest BCUT2D eigenvalue weighted by Gasteiger charge is -2.35. The Bertz CT molecular complexity index is 681. The lowest BCUT2D eigenvalue weighted by atomic mass is 10.0. The molecule has 0 bridgehead atoms. The number of anilines is 1. The third-order valence-corrected chi connectivity index (χ3v) is 6.49. The van der Waals surface area contributed by atoms with Gasteiger partial charge in [-0.2, -0.15) is 12.7 Å². The number of aliphatic carboxylic acids is 1. The molecule has 7 heteroatoms. The van der Waals surface area contributed by atoms with Gasteiger partial charge in [0.15, 0.2) is 0 Å². The fraction of sp³-hybridized carbons (Fsp3) is 0.533. The quantitative estimate of drug-likeness (QED) is 0.913. The fourth-order valence-corrected chi connectivity index (χ4v) is 5.00. The standard InChI is InChI=1S/C15H20N2O4S/c1-11-6-8-16(9-7-11)22(20,21)17-13-5-3-2-4-12(13)10-14(17)15(18)19/h2-5,11,14H,6-10H2,1H3,(H,18,19). The van der Waals surface area contributed by atoms with Gasteiger partial charge in [-0.1, -0.05) is 25.1 Å². The van der Waals surface area contributed by atoms with Gasteiger partial charge < -0.3 is 5.11 Å². The molecule has 3 rings (SSSR count). The van der Waals surface area contributed by atoms with Gasteiger partial charge in [0.05, 0.1) is 5.69 Å². The molecule has 2 aliphatic heterocycles. The molecule has 1 fully saturated rings. The number of piperidine rings is 1. The van der Waals surface area contributed by atoms with E-state index in [1.165, 1.54) is 4.31 Å². The SMILES string of the molecule is CC1CCN(S(=O)(=O)N2c3ccccc3CC2C(=O)O)CC1. The van der Waals surface area contributed by atoms with Gasteiger partial charge in [0.1, 0.15) is 6.04 Å². The summed E-state index contributed by atoms with van der Waals surface area (Å²) in [4.78, 5) is 11.5. The zero-order valence-corrected chi connectivity index (χ0v) is 13.3. The van der Waals surface area contributed by atoms with Crippen LogP contribution in [0.25, 0.3) is 0 Å². The predicted molar refractivity (Wildman–Crippen MR) is 82.9 cm³/mol. The number of hydrogen-bond donors (Lipinski definition) is 1.